The third kappa shape index (κ3) is 4.08. The monoisotopic (exact) mass is 349 g/mol. The summed E-state index contributed by atoms with van der Waals surface area (Å²) in [6.45, 7) is 2.03. The Balaban J connectivity index is 1.59. The maximum Gasteiger partial charge on any atom is 0.276 e. The van der Waals surface area contributed by atoms with Crippen LogP contribution in [0.4, 0.5) is 5.82 Å². The van der Waals surface area contributed by atoms with Gasteiger partial charge in [-0.05, 0) is 31.2 Å². The van der Waals surface area contributed by atoms with Crippen LogP contribution in [0.1, 0.15) is 21.3 Å². The summed E-state index contributed by atoms with van der Waals surface area (Å²) in [5.74, 6) is 1.33. The first kappa shape index (κ1) is 15.5. The Kier molecular flexibility index (Phi) is 4.59. The number of thiazole rings is 1. The van der Waals surface area contributed by atoms with Crippen LogP contribution in [0.25, 0.3) is 0 Å². The second-order valence-corrected chi connectivity index (χ2v) is 6.03. The number of benzene rings is 1. The van der Waals surface area contributed by atoms with E-state index in [9.17, 15) is 4.79 Å². The highest BCUT2D eigenvalue weighted by atomic mass is 35.5. The topological polar surface area (TPSA) is 77.2 Å². The first-order valence-corrected chi connectivity index (χ1v) is 7.93. The summed E-state index contributed by atoms with van der Waals surface area (Å²) in [5, 5.41) is 9.33. The van der Waals surface area contributed by atoms with Gasteiger partial charge in [-0.25, -0.2) is 4.98 Å². The van der Waals surface area contributed by atoms with Gasteiger partial charge in [0.1, 0.15) is 28.8 Å². The molecule has 0 saturated heterocycles. The Hall–Kier alpha value is -2.38. The van der Waals surface area contributed by atoms with Crippen molar-refractivity contribution >= 4 is 34.7 Å². The average molecular weight is 350 g/mol. The zero-order valence-corrected chi connectivity index (χ0v) is 13.6. The SMILES string of the molecule is Cc1cc(NC(=O)c2csc(COc3ccc(Cl)cc3)n2)no1. The highest BCUT2D eigenvalue weighted by Gasteiger charge is 2.13. The molecule has 6 nitrogen and oxygen atoms in total. The van der Waals surface area contributed by atoms with Crippen molar-refractivity contribution < 1.29 is 14.1 Å². The molecule has 3 rings (SSSR count). The van der Waals surface area contributed by atoms with Crippen molar-refractivity contribution in [3.05, 3.63) is 57.2 Å². The molecule has 1 amide bonds. The Bertz CT molecular complexity index is 813. The van der Waals surface area contributed by atoms with Crippen molar-refractivity contribution in [1.82, 2.24) is 10.1 Å². The summed E-state index contributed by atoms with van der Waals surface area (Å²) < 4.78 is 10.5. The van der Waals surface area contributed by atoms with Crippen LogP contribution in [0.15, 0.2) is 40.2 Å². The molecule has 1 aromatic carbocycles. The molecule has 0 aliphatic rings. The molecule has 0 aliphatic heterocycles. The lowest BCUT2D eigenvalue weighted by Gasteiger charge is -2.03. The molecule has 1 N–H and O–H groups in total. The predicted molar refractivity (Wildman–Crippen MR) is 87.1 cm³/mol. The highest BCUT2D eigenvalue weighted by molar-refractivity contribution is 7.09. The van der Waals surface area contributed by atoms with E-state index in [0.29, 0.717) is 33.1 Å². The van der Waals surface area contributed by atoms with Crippen LogP contribution in [0, 0.1) is 6.92 Å². The van der Waals surface area contributed by atoms with Crippen LogP contribution in [-0.4, -0.2) is 16.0 Å². The maximum atomic E-state index is 12.0. The van der Waals surface area contributed by atoms with Crippen LogP contribution >= 0.6 is 22.9 Å². The fourth-order valence-electron chi connectivity index (χ4n) is 1.76. The van der Waals surface area contributed by atoms with Gasteiger partial charge in [-0.1, -0.05) is 16.8 Å². The van der Waals surface area contributed by atoms with E-state index >= 15 is 0 Å². The number of halogens is 1. The number of rotatable bonds is 5. The van der Waals surface area contributed by atoms with E-state index in [1.807, 2.05) is 0 Å². The molecule has 118 valence electrons. The minimum Gasteiger partial charge on any atom is -0.486 e. The summed E-state index contributed by atoms with van der Waals surface area (Å²) >= 11 is 7.16. The van der Waals surface area contributed by atoms with Crippen LogP contribution < -0.4 is 10.1 Å². The van der Waals surface area contributed by atoms with Crippen molar-refractivity contribution in [3.63, 3.8) is 0 Å². The zero-order valence-electron chi connectivity index (χ0n) is 12.1. The van der Waals surface area contributed by atoms with Gasteiger partial charge >= 0.3 is 0 Å². The van der Waals surface area contributed by atoms with Gasteiger partial charge in [-0.3, -0.25) is 4.79 Å². The molecular formula is C15H12ClN3O3S. The largest absolute Gasteiger partial charge is 0.486 e. The fourth-order valence-corrected chi connectivity index (χ4v) is 2.57. The maximum absolute atomic E-state index is 12.0. The van der Waals surface area contributed by atoms with Crippen molar-refractivity contribution in [2.75, 3.05) is 5.32 Å². The fraction of sp³-hybridized carbons (Fsp3) is 0.133. The van der Waals surface area contributed by atoms with E-state index in [0.717, 1.165) is 0 Å². The van der Waals surface area contributed by atoms with Crippen LogP contribution in [0.2, 0.25) is 5.02 Å². The van der Waals surface area contributed by atoms with Gasteiger partial charge in [0.2, 0.25) is 0 Å². The van der Waals surface area contributed by atoms with Crippen molar-refractivity contribution in [2.24, 2.45) is 0 Å². The van der Waals surface area contributed by atoms with Crippen molar-refractivity contribution in [1.29, 1.82) is 0 Å². The van der Waals surface area contributed by atoms with Gasteiger partial charge in [0.25, 0.3) is 5.91 Å². The Morgan fingerprint density at radius 1 is 1.39 bits per heavy atom. The number of hydrogen-bond donors (Lipinski definition) is 1. The molecule has 0 aliphatic carbocycles. The van der Waals surface area contributed by atoms with E-state index < -0.39 is 0 Å². The molecule has 2 aromatic heterocycles. The first-order valence-electron chi connectivity index (χ1n) is 6.67. The van der Waals surface area contributed by atoms with Crippen molar-refractivity contribution in [3.8, 4) is 5.75 Å². The molecule has 2 heterocycles. The summed E-state index contributed by atoms with van der Waals surface area (Å²) in [6.07, 6.45) is 0. The third-order valence-corrected chi connectivity index (χ3v) is 3.90. The number of aryl methyl sites for hydroxylation is 1. The van der Waals surface area contributed by atoms with Crippen molar-refractivity contribution in [2.45, 2.75) is 13.5 Å². The summed E-state index contributed by atoms with van der Waals surface area (Å²) in [4.78, 5) is 16.3. The van der Waals surface area contributed by atoms with E-state index in [1.54, 1.807) is 42.6 Å². The number of nitrogens with one attached hydrogen (secondary N) is 1. The Morgan fingerprint density at radius 2 is 2.17 bits per heavy atom. The molecule has 0 radical (unpaired) electrons. The smallest absolute Gasteiger partial charge is 0.276 e. The minimum atomic E-state index is -0.340. The van der Waals surface area contributed by atoms with E-state index in [1.165, 1.54) is 11.3 Å². The average Bonchev–Trinajstić information content (AvgIpc) is 3.16. The number of ether oxygens (including phenoxy) is 1. The quantitative estimate of drug-likeness (QED) is 0.755. The van der Waals surface area contributed by atoms with Gasteiger partial charge in [0.05, 0.1) is 0 Å². The first-order chi connectivity index (χ1) is 11.1. The minimum absolute atomic E-state index is 0.280. The zero-order chi connectivity index (χ0) is 16.2. The Labute approximate surface area is 141 Å². The highest BCUT2D eigenvalue weighted by Crippen LogP contribution is 2.18. The molecule has 3 aromatic rings. The number of carbonyl (C=O) groups excluding carboxylic acids is 1. The predicted octanol–water partition coefficient (Wildman–Crippen LogP) is 3.92. The number of nitrogens with zero attached hydrogens (tertiary/aromatic N) is 2. The Morgan fingerprint density at radius 3 is 2.87 bits per heavy atom. The molecule has 0 atom stereocenters. The lowest BCUT2D eigenvalue weighted by atomic mass is 10.3. The molecule has 0 bridgehead atoms. The standard InChI is InChI=1S/C15H12ClN3O3S/c1-9-6-13(19-22-9)18-15(20)12-8-23-14(17-12)7-21-11-4-2-10(16)3-5-11/h2-6,8H,7H2,1H3,(H,18,19,20). The second-order valence-electron chi connectivity index (χ2n) is 4.65. The number of amides is 1. The lowest BCUT2D eigenvalue weighted by Crippen LogP contribution is -2.12. The summed E-state index contributed by atoms with van der Waals surface area (Å²) in [7, 11) is 0. The van der Waals surface area contributed by atoms with Crippen LogP contribution in [-0.2, 0) is 6.61 Å². The van der Waals surface area contributed by atoms with Crippen LogP contribution in [0.5, 0.6) is 5.75 Å². The second kappa shape index (κ2) is 6.80. The number of anilines is 1. The molecule has 8 heteroatoms. The number of aromatic nitrogens is 2. The van der Waals surface area contributed by atoms with Gasteiger partial charge in [-0.15, -0.1) is 11.3 Å². The van der Waals surface area contributed by atoms with Gasteiger partial charge in [0.15, 0.2) is 5.82 Å². The summed E-state index contributed by atoms with van der Waals surface area (Å²) in [5.41, 5.74) is 0.311. The molecule has 0 fully saturated rings. The van der Waals surface area contributed by atoms with Gasteiger partial charge in [0, 0.05) is 16.5 Å². The molecule has 0 saturated carbocycles. The van der Waals surface area contributed by atoms with Gasteiger partial charge in [-0.2, -0.15) is 0 Å². The lowest BCUT2D eigenvalue weighted by molar-refractivity contribution is 0.102. The molecular weight excluding hydrogens is 338 g/mol. The molecule has 0 spiro atoms. The van der Waals surface area contributed by atoms with E-state index in [4.69, 9.17) is 20.9 Å². The normalized spacial score (nSPS) is 10.5. The molecule has 0 unspecified atom stereocenters. The number of hydrogen-bond acceptors (Lipinski definition) is 6. The summed E-state index contributed by atoms with van der Waals surface area (Å²) in [6, 6.07) is 8.68. The number of carbonyl (C=O) groups is 1. The van der Waals surface area contributed by atoms with E-state index in [-0.39, 0.29) is 12.5 Å². The molecule has 23 heavy (non-hydrogen) atoms. The van der Waals surface area contributed by atoms with Crippen LogP contribution in [0.3, 0.4) is 0 Å². The third-order valence-electron chi connectivity index (χ3n) is 2.83. The van der Waals surface area contributed by atoms with Gasteiger partial charge < -0.3 is 14.6 Å². The van der Waals surface area contributed by atoms with E-state index in [2.05, 4.69) is 15.5 Å².